The highest BCUT2D eigenvalue weighted by molar-refractivity contribution is 7.13. The van der Waals surface area contributed by atoms with Crippen molar-refractivity contribution in [3.8, 4) is 0 Å². The first kappa shape index (κ1) is 22.1. The molecule has 0 saturated carbocycles. The van der Waals surface area contributed by atoms with Gasteiger partial charge in [0.1, 0.15) is 0 Å². The predicted molar refractivity (Wildman–Crippen MR) is 110 cm³/mol. The normalized spacial score (nSPS) is 20.0. The molecule has 27 heavy (non-hydrogen) atoms. The SMILES string of the molecule is COCC1(C(=O)N2CCC(NC(=O)c3ccc(C)s3)CC2)CCNCC1.Cl. The average molecular weight is 416 g/mol. The molecule has 0 bridgehead atoms. The molecular formula is C19H30ClN3O3S. The lowest BCUT2D eigenvalue weighted by Gasteiger charge is -2.42. The van der Waals surface area contributed by atoms with Gasteiger partial charge in [0, 0.05) is 31.1 Å². The maximum atomic E-state index is 13.2. The molecule has 2 fully saturated rings. The van der Waals surface area contributed by atoms with Crippen LogP contribution in [0.25, 0.3) is 0 Å². The van der Waals surface area contributed by atoms with Crippen molar-refractivity contribution in [1.29, 1.82) is 0 Å². The van der Waals surface area contributed by atoms with Gasteiger partial charge < -0.3 is 20.3 Å². The van der Waals surface area contributed by atoms with Gasteiger partial charge in [-0.15, -0.1) is 23.7 Å². The smallest absolute Gasteiger partial charge is 0.261 e. The lowest BCUT2D eigenvalue weighted by Crippen LogP contribution is -2.55. The van der Waals surface area contributed by atoms with Crippen LogP contribution in [0.15, 0.2) is 12.1 Å². The highest BCUT2D eigenvalue weighted by Crippen LogP contribution is 2.32. The monoisotopic (exact) mass is 415 g/mol. The molecule has 2 aliphatic heterocycles. The van der Waals surface area contributed by atoms with Gasteiger partial charge in [0.2, 0.25) is 5.91 Å². The number of ether oxygens (including phenoxy) is 1. The first-order chi connectivity index (χ1) is 12.5. The number of hydrogen-bond acceptors (Lipinski definition) is 5. The lowest BCUT2D eigenvalue weighted by molar-refractivity contribution is -0.148. The highest BCUT2D eigenvalue weighted by atomic mass is 35.5. The van der Waals surface area contributed by atoms with E-state index in [1.165, 1.54) is 11.3 Å². The third kappa shape index (κ3) is 5.22. The molecular weight excluding hydrogens is 386 g/mol. The Kier molecular flexibility index (Phi) is 8.09. The summed E-state index contributed by atoms with van der Waals surface area (Å²) in [5, 5.41) is 6.45. The van der Waals surface area contributed by atoms with Crippen LogP contribution in [-0.4, -0.2) is 62.7 Å². The minimum atomic E-state index is -0.384. The van der Waals surface area contributed by atoms with Gasteiger partial charge in [0.05, 0.1) is 16.9 Å². The van der Waals surface area contributed by atoms with Crippen LogP contribution in [0.3, 0.4) is 0 Å². The zero-order valence-electron chi connectivity index (χ0n) is 16.1. The number of carbonyl (C=O) groups is 2. The fourth-order valence-corrected chi connectivity index (χ4v) is 4.75. The van der Waals surface area contributed by atoms with Crippen molar-refractivity contribution in [2.24, 2.45) is 5.41 Å². The Morgan fingerprint density at radius 2 is 1.96 bits per heavy atom. The molecule has 6 nitrogen and oxygen atoms in total. The van der Waals surface area contributed by atoms with E-state index in [2.05, 4.69) is 10.6 Å². The first-order valence-corrected chi connectivity index (χ1v) is 10.2. The van der Waals surface area contributed by atoms with Crippen LogP contribution in [0.1, 0.15) is 40.2 Å². The minimum absolute atomic E-state index is 0. The molecule has 2 saturated heterocycles. The van der Waals surface area contributed by atoms with Crippen molar-refractivity contribution < 1.29 is 14.3 Å². The molecule has 1 aromatic rings. The van der Waals surface area contributed by atoms with Crippen LogP contribution < -0.4 is 10.6 Å². The van der Waals surface area contributed by atoms with Crippen LogP contribution in [0.2, 0.25) is 0 Å². The molecule has 0 atom stereocenters. The first-order valence-electron chi connectivity index (χ1n) is 9.40. The number of nitrogens with zero attached hydrogens (tertiary/aromatic N) is 1. The Bertz CT molecular complexity index is 632. The molecule has 152 valence electrons. The molecule has 0 aromatic carbocycles. The number of thiophene rings is 1. The summed E-state index contributed by atoms with van der Waals surface area (Å²) in [4.78, 5) is 29.3. The number of piperidine rings is 2. The second kappa shape index (κ2) is 9.87. The van der Waals surface area contributed by atoms with E-state index in [-0.39, 0.29) is 35.7 Å². The molecule has 0 aliphatic carbocycles. The molecule has 0 spiro atoms. The fourth-order valence-electron chi connectivity index (χ4n) is 3.98. The minimum Gasteiger partial charge on any atom is -0.384 e. The Hall–Kier alpha value is -1.15. The fraction of sp³-hybridized carbons (Fsp3) is 0.684. The highest BCUT2D eigenvalue weighted by Gasteiger charge is 2.43. The summed E-state index contributed by atoms with van der Waals surface area (Å²) < 4.78 is 5.39. The van der Waals surface area contributed by atoms with Crippen LogP contribution in [0.4, 0.5) is 0 Å². The Morgan fingerprint density at radius 1 is 1.30 bits per heavy atom. The third-order valence-corrected chi connectivity index (χ3v) is 6.52. The molecule has 1 aromatic heterocycles. The van der Waals surface area contributed by atoms with Crippen molar-refractivity contribution in [3.63, 3.8) is 0 Å². The van der Waals surface area contributed by atoms with Crippen LogP contribution in [0.5, 0.6) is 0 Å². The Balaban J connectivity index is 0.00000261. The van der Waals surface area contributed by atoms with Gasteiger partial charge in [-0.05, 0) is 57.8 Å². The van der Waals surface area contributed by atoms with Crippen LogP contribution in [-0.2, 0) is 9.53 Å². The standard InChI is InChI=1S/C19H29N3O3S.ClH/c1-14-3-4-16(26-14)17(23)21-15-5-11-22(12-6-15)18(24)19(13-25-2)7-9-20-10-8-19;/h3-4,15,20H,5-13H2,1-2H3,(H,21,23);1H. The quantitative estimate of drug-likeness (QED) is 0.773. The zero-order valence-corrected chi connectivity index (χ0v) is 17.7. The number of nitrogens with one attached hydrogen (secondary N) is 2. The molecule has 8 heteroatoms. The Morgan fingerprint density at radius 3 is 2.52 bits per heavy atom. The van der Waals surface area contributed by atoms with E-state index in [1.54, 1.807) is 7.11 Å². The van der Waals surface area contributed by atoms with Gasteiger partial charge >= 0.3 is 0 Å². The van der Waals surface area contributed by atoms with Crippen LogP contribution >= 0.6 is 23.7 Å². The van der Waals surface area contributed by atoms with Gasteiger partial charge in [0.25, 0.3) is 5.91 Å². The number of hydrogen-bond donors (Lipinski definition) is 2. The summed E-state index contributed by atoms with van der Waals surface area (Å²) in [6.07, 6.45) is 3.27. The van der Waals surface area contributed by atoms with Crippen LogP contribution in [0, 0.1) is 12.3 Å². The molecule has 0 unspecified atom stereocenters. The second-order valence-electron chi connectivity index (χ2n) is 7.41. The van der Waals surface area contributed by atoms with Gasteiger partial charge in [-0.2, -0.15) is 0 Å². The van der Waals surface area contributed by atoms with E-state index in [4.69, 9.17) is 4.74 Å². The largest absolute Gasteiger partial charge is 0.384 e. The van der Waals surface area contributed by atoms with Gasteiger partial charge in [-0.3, -0.25) is 9.59 Å². The summed E-state index contributed by atoms with van der Waals surface area (Å²) >= 11 is 1.52. The lowest BCUT2D eigenvalue weighted by atomic mass is 9.78. The molecule has 0 radical (unpaired) electrons. The van der Waals surface area contributed by atoms with E-state index in [0.29, 0.717) is 19.7 Å². The molecule has 2 amide bonds. The maximum absolute atomic E-state index is 13.2. The van der Waals surface area contributed by atoms with Crippen molar-refractivity contribution >= 4 is 35.6 Å². The summed E-state index contributed by atoms with van der Waals surface area (Å²) in [7, 11) is 1.67. The van der Waals surface area contributed by atoms with Crippen molar-refractivity contribution in [2.45, 2.75) is 38.6 Å². The van der Waals surface area contributed by atoms with E-state index in [1.807, 2.05) is 24.0 Å². The summed E-state index contributed by atoms with van der Waals surface area (Å²) in [6.45, 7) is 5.62. The van der Waals surface area contributed by atoms with E-state index in [9.17, 15) is 9.59 Å². The number of likely N-dealkylation sites (tertiary alicyclic amines) is 1. The molecule has 3 rings (SSSR count). The predicted octanol–water partition coefficient (Wildman–Crippen LogP) is 2.22. The average Bonchev–Trinajstić information content (AvgIpc) is 3.09. The van der Waals surface area contributed by atoms with E-state index >= 15 is 0 Å². The summed E-state index contributed by atoms with van der Waals surface area (Å²) in [6, 6.07) is 3.98. The number of amides is 2. The molecule has 3 heterocycles. The van der Waals surface area contributed by atoms with Crippen molar-refractivity contribution in [3.05, 3.63) is 21.9 Å². The van der Waals surface area contributed by atoms with Gasteiger partial charge in [-0.1, -0.05) is 0 Å². The van der Waals surface area contributed by atoms with Crippen molar-refractivity contribution in [2.75, 3.05) is 39.9 Å². The number of halogens is 1. The zero-order chi connectivity index (χ0) is 18.6. The topological polar surface area (TPSA) is 70.7 Å². The maximum Gasteiger partial charge on any atom is 0.261 e. The number of aryl methyl sites for hydroxylation is 1. The van der Waals surface area contributed by atoms with E-state index in [0.717, 1.165) is 48.5 Å². The number of carbonyl (C=O) groups excluding carboxylic acids is 2. The number of rotatable bonds is 5. The van der Waals surface area contributed by atoms with Gasteiger partial charge in [0.15, 0.2) is 0 Å². The summed E-state index contributed by atoms with van der Waals surface area (Å²) in [5.41, 5.74) is -0.384. The van der Waals surface area contributed by atoms with Crippen molar-refractivity contribution in [1.82, 2.24) is 15.5 Å². The Labute approximate surface area is 171 Å². The van der Waals surface area contributed by atoms with Gasteiger partial charge in [-0.25, -0.2) is 0 Å². The molecule has 2 N–H and O–H groups in total. The van der Waals surface area contributed by atoms with E-state index < -0.39 is 0 Å². The number of methoxy groups -OCH3 is 1. The summed E-state index contributed by atoms with van der Waals surface area (Å²) in [5.74, 6) is 0.224. The third-order valence-electron chi connectivity index (χ3n) is 5.52. The molecule has 2 aliphatic rings. The second-order valence-corrected chi connectivity index (χ2v) is 8.70.